The molecule has 0 aromatic carbocycles. The second-order valence-electron chi connectivity index (χ2n) is 6.73. The van der Waals surface area contributed by atoms with Gasteiger partial charge in [-0.05, 0) is 32.9 Å². The highest BCUT2D eigenvalue weighted by atomic mass is 15.3. The van der Waals surface area contributed by atoms with Crippen LogP contribution in [0.1, 0.15) is 38.4 Å². The van der Waals surface area contributed by atoms with Gasteiger partial charge in [0.1, 0.15) is 11.6 Å². The third-order valence-electron chi connectivity index (χ3n) is 4.86. The van der Waals surface area contributed by atoms with Gasteiger partial charge in [-0.2, -0.15) is 5.10 Å². The first-order valence-electron chi connectivity index (χ1n) is 8.70. The van der Waals surface area contributed by atoms with E-state index in [1.165, 1.54) is 25.8 Å². The van der Waals surface area contributed by atoms with Gasteiger partial charge in [-0.3, -0.25) is 4.68 Å². The third kappa shape index (κ3) is 3.32. The van der Waals surface area contributed by atoms with Crippen LogP contribution >= 0.6 is 0 Å². The molecule has 23 heavy (non-hydrogen) atoms. The molecule has 0 amide bonds. The van der Waals surface area contributed by atoms with E-state index in [0.717, 1.165) is 42.1 Å². The maximum absolute atomic E-state index is 4.84. The van der Waals surface area contributed by atoms with E-state index in [1.807, 2.05) is 17.9 Å². The molecule has 1 saturated heterocycles. The molecule has 0 spiro atoms. The van der Waals surface area contributed by atoms with Gasteiger partial charge in [-0.15, -0.1) is 0 Å². The smallest absolute Gasteiger partial charge is 0.163 e. The fourth-order valence-electron chi connectivity index (χ4n) is 3.45. The average Bonchev–Trinajstić information content (AvgIpc) is 2.91. The Morgan fingerprint density at radius 2 is 2.09 bits per heavy atom. The zero-order valence-electron chi connectivity index (χ0n) is 14.8. The molecule has 2 aromatic rings. The molecule has 3 heterocycles. The second-order valence-corrected chi connectivity index (χ2v) is 6.73. The van der Waals surface area contributed by atoms with Crippen molar-refractivity contribution in [2.45, 2.75) is 45.1 Å². The molecule has 0 aliphatic carbocycles. The summed E-state index contributed by atoms with van der Waals surface area (Å²) in [6, 6.07) is 0.602. The SMILES string of the molecule is CCCc1nc(N(C)CC2CCCCN2C)c2cnn(C)c2n1. The topological polar surface area (TPSA) is 50.1 Å². The Balaban J connectivity index is 1.90. The average molecular weight is 316 g/mol. The van der Waals surface area contributed by atoms with Crippen LogP contribution < -0.4 is 4.90 Å². The number of hydrogen-bond donors (Lipinski definition) is 0. The van der Waals surface area contributed by atoms with Gasteiger partial charge >= 0.3 is 0 Å². The van der Waals surface area contributed by atoms with Crippen molar-refractivity contribution in [2.75, 3.05) is 32.1 Å². The number of hydrogen-bond acceptors (Lipinski definition) is 5. The molecule has 3 rings (SSSR count). The van der Waals surface area contributed by atoms with Crippen LogP contribution in [0, 0.1) is 0 Å². The lowest BCUT2D eigenvalue weighted by Gasteiger charge is -2.35. The van der Waals surface area contributed by atoms with E-state index >= 15 is 0 Å². The van der Waals surface area contributed by atoms with Gasteiger partial charge in [0, 0.05) is 33.1 Å². The molecule has 1 unspecified atom stereocenters. The van der Waals surface area contributed by atoms with E-state index in [-0.39, 0.29) is 0 Å². The van der Waals surface area contributed by atoms with Crippen molar-refractivity contribution in [3.8, 4) is 0 Å². The maximum Gasteiger partial charge on any atom is 0.163 e. The normalized spacial score (nSPS) is 19.4. The van der Waals surface area contributed by atoms with Crippen molar-refractivity contribution in [3.63, 3.8) is 0 Å². The first kappa shape index (κ1) is 16.2. The number of rotatable bonds is 5. The number of anilines is 1. The molecule has 6 nitrogen and oxygen atoms in total. The van der Waals surface area contributed by atoms with Gasteiger partial charge in [0.2, 0.25) is 0 Å². The van der Waals surface area contributed by atoms with Crippen LogP contribution in [0.2, 0.25) is 0 Å². The Kier molecular flexibility index (Phi) is 4.80. The van der Waals surface area contributed by atoms with Crippen LogP contribution in [-0.2, 0) is 13.5 Å². The molecule has 6 heteroatoms. The minimum absolute atomic E-state index is 0.602. The molecule has 126 valence electrons. The molecule has 0 saturated carbocycles. The molecule has 2 aromatic heterocycles. The molecule has 1 atom stereocenters. The molecule has 1 aliphatic heterocycles. The van der Waals surface area contributed by atoms with Crippen LogP contribution in [0.4, 0.5) is 5.82 Å². The molecule has 0 N–H and O–H groups in total. The summed E-state index contributed by atoms with van der Waals surface area (Å²) >= 11 is 0. The lowest BCUT2D eigenvalue weighted by molar-refractivity contribution is 0.189. The summed E-state index contributed by atoms with van der Waals surface area (Å²) in [5.41, 5.74) is 0.933. The van der Waals surface area contributed by atoms with E-state index < -0.39 is 0 Å². The third-order valence-corrected chi connectivity index (χ3v) is 4.86. The Hall–Kier alpha value is -1.69. The minimum atomic E-state index is 0.602. The van der Waals surface area contributed by atoms with E-state index in [0.29, 0.717) is 6.04 Å². The van der Waals surface area contributed by atoms with Crippen molar-refractivity contribution in [1.29, 1.82) is 0 Å². The first-order chi connectivity index (χ1) is 11.1. The van der Waals surface area contributed by atoms with E-state index in [2.05, 4.69) is 40.9 Å². The van der Waals surface area contributed by atoms with Gasteiger partial charge < -0.3 is 9.80 Å². The Morgan fingerprint density at radius 3 is 2.83 bits per heavy atom. The van der Waals surface area contributed by atoms with E-state index in [1.54, 1.807) is 0 Å². The monoisotopic (exact) mass is 316 g/mol. The maximum atomic E-state index is 4.84. The lowest BCUT2D eigenvalue weighted by atomic mass is 10.0. The number of likely N-dealkylation sites (tertiary alicyclic amines) is 1. The molecule has 0 bridgehead atoms. The summed E-state index contributed by atoms with van der Waals surface area (Å²) < 4.78 is 1.85. The standard InChI is InChI=1S/C17H28N6/c1-5-8-15-19-16(14-11-18-23(4)17(14)20-15)22(3)12-13-9-6-7-10-21(13)2/h11,13H,5-10,12H2,1-4H3. The minimum Gasteiger partial charge on any atom is -0.357 e. The van der Waals surface area contributed by atoms with Crippen molar-refractivity contribution < 1.29 is 0 Å². The number of aromatic nitrogens is 4. The van der Waals surface area contributed by atoms with Gasteiger partial charge in [0.05, 0.1) is 11.6 Å². The van der Waals surface area contributed by atoms with Crippen LogP contribution in [0.5, 0.6) is 0 Å². The highest BCUT2D eigenvalue weighted by molar-refractivity contribution is 5.86. The summed E-state index contributed by atoms with van der Waals surface area (Å²) in [7, 11) is 6.33. The summed E-state index contributed by atoms with van der Waals surface area (Å²) in [5.74, 6) is 1.94. The Bertz CT molecular complexity index is 664. The van der Waals surface area contributed by atoms with Gasteiger partial charge in [-0.1, -0.05) is 13.3 Å². The number of aryl methyl sites for hydroxylation is 2. The molecule has 1 fully saturated rings. The summed E-state index contributed by atoms with van der Waals surface area (Å²) in [5, 5.41) is 5.43. The van der Waals surface area contributed by atoms with Crippen molar-refractivity contribution in [2.24, 2.45) is 7.05 Å². The fraction of sp³-hybridized carbons (Fsp3) is 0.706. The first-order valence-corrected chi connectivity index (χ1v) is 8.70. The van der Waals surface area contributed by atoms with Crippen LogP contribution in [0.3, 0.4) is 0 Å². The summed E-state index contributed by atoms with van der Waals surface area (Å²) in [6.07, 6.45) is 7.77. The number of piperidine rings is 1. The second kappa shape index (κ2) is 6.83. The number of likely N-dealkylation sites (N-methyl/N-ethyl adjacent to an activating group) is 2. The highest BCUT2D eigenvalue weighted by Gasteiger charge is 2.22. The quantitative estimate of drug-likeness (QED) is 0.847. The molecule has 0 radical (unpaired) electrons. The predicted octanol–water partition coefficient (Wildman–Crippen LogP) is 2.24. The van der Waals surface area contributed by atoms with E-state index in [9.17, 15) is 0 Å². The van der Waals surface area contributed by atoms with Crippen molar-refractivity contribution >= 4 is 16.9 Å². The van der Waals surface area contributed by atoms with Gasteiger partial charge in [0.25, 0.3) is 0 Å². The predicted molar refractivity (Wildman–Crippen MR) is 93.8 cm³/mol. The fourth-order valence-corrected chi connectivity index (χ4v) is 3.45. The largest absolute Gasteiger partial charge is 0.357 e. The number of fused-ring (bicyclic) bond motifs is 1. The number of nitrogens with zero attached hydrogens (tertiary/aromatic N) is 6. The molecular formula is C17H28N6. The van der Waals surface area contributed by atoms with Gasteiger partial charge in [0.15, 0.2) is 5.65 Å². The van der Waals surface area contributed by atoms with Crippen LogP contribution in [0.15, 0.2) is 6.20 Å². The zero-order valence-corrected chi connectivity index (χ0v) is 14.8. The van der Waals surface area contributed by atoms with Crippen LogP contribution in [-0.4, -0.2) is 57.9 Å². The zero-order chi connectivity index (χ0) is 16.4. The van der Waals surface area contributed by atoms with Crippen molar-refractivity contribution in [1.82, 2.24) is 24.6 Å². The van der Waals surface area contributed by atoms with E-state index in [4.69, 9.17) is 4.98 Å². The van der Waals surface area contributed by atoms with Crippen molar-refractivity contribution in [3.05, 3.63) is 12.0 Å². The summed E-state index contributed by atoms with van der Waals surface area (Å²) in [4.78, 5) is 14.3. The van der Waals surface area contributed by atoms with Gasteiger partial charge in [-0.25, -0.2) is 9.97 Å². The molecular weight excluding hydrogens is 288 g/mol. The Labute approximate surface area is 138 Å². The lowest BCUT2D eigenvalue weighted by Crippen LogP contribution is -2.44. The molecule has 1 aliphatic rings. The highest BCUT2D eigenvalue weighted by Crippen LogP contribution is 2.25. The summed E-state index contributed by atoms with van der Waals surface area (Å²) in [6.45, 7) is 4.37. The van der Waals surface area contributed by atoms with Crippen LogP contribution in [0.25, 0.3) is 11.0 Å². The Morgan fingerprint density at radius 1 is 1.26 bits per heavy atom.